The molecule has 8 atom stereocenters. The van der Waals surface area contributed by atoms with Crippen molar-refractivity contribution in [2.45, 2.75) is 161 Å². The Hall–Kier alpha value is -7.97. The summed E-state index contributed by atoms with van der Waals surface area (Å²) in [5.41, 5.74) is 9.16. The van der Waals surface area contributed by atoms with Crippen LogP contribution in [0.4, 0.5) is 19.2 Å². The number of nitrogens with zero attached hydrogens (tertiary/aromatic N) is 5. The number of amides is 8. The normalized spacial score (nSPS) is 22.1. The lowest BCUT2D eigenvalue weighted by Crippen LogP contribution is -2.44. The first-order valence-corrected chi connectivity index (χ1v) is 31.8. The summed E-state index contributed by atoms with van der Waals surface area (Å²) >= 11 is 0. The summed E-state index contributed by atoms with van der Waals surface area (Å²) in [6.07, 6.45) is -1.25. The molecule has 22 nitrogen and oxygen atoms in total. The van der Waals surface area contributed by atoms with Crippen LogP contribution in [0.15, 0.2) is 140 Å². The molecule has 0 aromatic heterocycles. The summed E-state index contributed by atoms with van der Waals surface area (Å²) in [4.78, 5) is 104. The summed E-state index contributed by atoms with van der Waals surface area (Å²) in [6.45, 7) is 28.2. The Bertz CT molecular complexity index is 3280. The Balaban J connectivity index is 0.000000192. The number of imide groups is 2. The van der Waals surface area contributed by atoms with Crippen molar-refractivity contribution in [1.82, 2.24) is 29.8 Å². The summed E-state index contributed by atoms with van der Waals surface area (Å²) in [7, 11) is 0. The third kappa shape index (κ3) is 21.5. The topological polar surface area (TPSA) is 281 Å². The van der Waals surface area contributed by atoms with Crippen LogP contribution >= 0.6 is 24.0 Å². The van der Waals surface area contributed by atoms with Gasteiger partial charge in [0.2, 0.25) is 0 Å². The summed E-state index contributed by atoms with van der Waals surface area (Å²) in [5, 5.41) is 19.9. The number of fused-ring (bicyclic) bond motifs is 3. The Morgan fingerprint density at radius 1 is 0.453 bits per heavy atom. The van der Waals surface area contributed by atoms with Crippen molar-refractivity contribution in [3.05, 3.63) is 178 Å². The van der Waals surface area contributed by atoms with Gasteiger partial charge < -0.3 is 59.2 Å². The van der Waals surface area contributed by atoms with Gasteiger partial charge in [0.1, 0.15) is 34.6 Å². The number of morpholine rings is 1. The number of hydrogen-bond donors (Lipinski definition) is 4. The number of benzene rings is 5. The molecule has 514 valence electrons. The number of ether oxygens (including phenoxy) is 5. The van der Waals surface area contributed by atoms with Crippen molar-refractivity contribution in [3.63, 3.8) is 0 Å². The number of aliphatic hydroxyl groups excluding tert-OH is 2. The minimum absolute atomic E-state index is 0. The second-order valence-corrected chi connectivity index (χ2v) is 27.8. The molecule has 95 heavy (non-hydrogen) atoms. The molecule has 5 aromatic rings. The predicted molar refractivity (Wildman–Crippen MR) is 369 cm³/mol. The van der Waals surface area contributed by atoms with Gasteiger partial charge in [0.05, 0.1) is 54.0 Å². The number of epoxide rings is 1. The minimum atomic E-state index is -0.618. The Kier molecular flexibility index (Phi) is 26.1. The number of nitrogens with two attached hydrogens (primary N) is 1. The minimum Gasteiger partial charge on any atom is -0.444 e. The van der Waals surface area contributed by atoms with Crippen molar-refractivity contribution < 1.29 is 72.3 Å². The SMILES string of the molecule is CC(C)(C)OC(=O)N1CC2OC2C1.CC(C)(C)OC(=O)N1C[C@@H](N)[C@@H](c2ccccc2)C1.CC(C)(C)OC(=O)N1C[C@H](c2ccccc2)[C@@H](O)C1.CC(C)(C)OC(=O)N1C[C@H](c2ccccc2)[C@H](N2C(=O)c3ccccc3C2=O)C1.CCO.I.O=C1NC(=O)c2ccccc21. The lowest BCUT2D eigenvalue weighted by atomic mass is 9.93. The Labute approximate surface area is 574 Å². The number of likely N-dealkylation sites (tertiary alicyclic amines) is 4. The van der Waals surface area contributed by atoms with Crippen LogP contribution in [0.2, 0.25) is 0 Å². The van der Waals surface area contributed by atoms with E-state index in [1.807, 2.05) is 162 Å². The fourth-order valence-corrected chi connectivity index (χ4v) is 11.3. The third-order valence-corrected chi connectivity index (χ3v) is 15.5. The number of hydrogen-bond acceptors (Lipinski definition) is 16. The monoisotopic (exact) mass is 1420 g/mol. The maximum Gasteiger partial charge on any atom is 0.410 e. The molecular formula is C72H94IN7O15. The zero-order chi connectivity index (χ0) is 69.0. The number of aliphatic hydroxyl groups is 2. The largest absolute Gasteiger partial charge is 0.444 e. The number of β-amino-alcohol motifs (C(OH)–C–C–N with tert-alkyl or cyclic N) is 1. The number of carbonyl (C=O) groups is 8. The van der Waals surface area contributed by atoms with E-state index in [9.17, 15) is 43.5 Å². The van der Waals surface area contributed by atoms with Gasteiger partial charge in [-0.1, -0.05) is 115 Å². The smallest absolute Gasteiger partial charge is 0.410 e. The summed E-state index contributed by atoms with van der Waals surface area (Å²) in [5.74, 6) is -1.23. The second-order valence-electron chi connectivity index (χ2n) is 27.8. The molecule has 7 aliphatic heterocycles. The van der Waals surface area contributed by atoms with E-state index in [-0.39, 0.29) is 115 Å². The number of rotatable bonds is 4. The fourth-order valence-electron chi connectivity index (χ4n) is 11.3. The second kappa shape index (κ2) is 32.6. The summed E-state index contributed by atoms with van der Waals surface area (Å²) < 4.78 is 26.7. The van der Waals surface area contributed by atoms with Crippen molar-refractivity contribution in [3.8, 4) is 0 Å². The molecule has 0 saturated carbocycles. The van der Waals surface area contributed by atoms with E-state index in [1.54, 1.807) is 75.1 Å². The molecule has 8 amide bonds. The first-order valence-electron chi connectivity index (χ1n) is 31.8. The van der Waals surface area contributed by atoms with Crippen LogP contribution in [0, 0.1) is 0 Å². The molecule has 12 rings (SSSR count). The maximum atomic E-state index is 13.0. The van der Waals surface area contributed by atoms with Crippen LogP contribution in [0.5, 0.6) is 0 Å². The fraction of sp³-hybridized carbons (Fsp3) is 0.472. The first kappa shape index (κ1) is 76.1. The van der Waals surface area contributed by atoms with E-state index < -0.39 is 40.6 Å². The Morgan fingerprint density at radius 3 is 1.13 bits per heavy atom. The van der Waals surface area contributed by atoms with E-state index in [4.69, 9.17) is 34.5 Å². The van der Waals surface area contributed by atoms with Crippen LogP contribution in [-0.4, -0.2) is 194 Å². The molecule has 7 aliphatic rings. The van der Waals surface area contributed by atoms with Crippen molar-refractivity contribution in [1.29, 1.82) is 0 Å². The predicted octanol–water partition coefficient (Wildman–Crippen LogP) is 10.6. The average molecular weight is 1420 g/mol. The van der Waals surface area contributed by atoms with E-state index in [2.05, 4.69) is 17.4 Å². The van der Waals surface area contributed by atoms with E-state index in [0.29, 0.717) is 68.1 Å². The highest BCUT2D eigenvalue weighted by Crippen LogP contribution is 2.37. The van der Waals surface area contributed by atoms with E-state index in [0.717, 1.165) is 11.1 Å². The van der Waals surface area contributed by atoms with Gasteiger partial charge in [-0.15, -0.1) is 24.0 Å². The lowest BCUT2D eigenvalue weighted by Gasteiger charge is -2.27. The molecule has 7 heterocycles. The molecule has 23 heteroatoms. The molecule has 0 spiro atoms. The number of carbonyl (C=O) groups excluding carboxylic acids is 8. The zero-order valence-electron chi connectivity index (χ0n) is 56.7. The Morgan fingerprint density at radius 2 is 0.747 bits per heavy atom. The molecule has 5 fully saturated rings. The zero-order valence-corrected chi connectivity index (χ0v) is 59.0. The van der Waals surface area contributed by atoms with Crippen molar-refractivity contribution >= 4 is 72.0 Å². The highest BCUT2D eigenvalue weighted by molar-refractivity contribution is 14.0. The van der Waals surface area contributed by atoms with Gasteiger partial charge in [0.25, 0.3) is 23.6 Å². The van der Waals surface area contributed by atoms with E-state index >= 15 is 0 Å². The lowest BCUT2D eigenvalue weighted by molar-refractivity contribution is 0.0226. The van der Waals surface area contributed by atoms with Crippen LogP contribution < -0.4 is 11.1 Å². The van der Waals surface area contributed by atoms with Crippen molar-refractivity contribution in [2.24, 2.45) is 5.73 Å². The highest BCUT2D eigenvalue weighted by atomic mass is 127. The van der Waals surface area contributed by atoms with Crippen molar-refractivity contribution in [2.75, 3.05) is 59.0 Å². The van der Waals surface area contributed by atoms with Gasteiger partial charge >= 0.3 is 24.4 Å². The molecule has 0 bridgehead atoms. The molecule has 5 aromatic carbocycles. The summed E-state index contributed by atoms with van der Waals surface area (Å²) in [6, 6.07) is 42.7. The molecule has 0 radical (unpaired) electrons. The van der Waals surface area contributed by atoms with Gasteiger partial charge in [-0.25, -0.2) is 19.2 Å². The van der Waals surface area contributed by atoms with Gasteiger partial charge in [0.15, 0.2) is 0 Å². The van der Waals surface area contributed by atoms with Gasteiger partial charge in [-0.2, -0.15) is 0 Å². The maximum absolute atomic E-state index is 13.0. The third-order valence-electron chi connectivity index (χ3n) is 15.5. The van der Waals surface area contributed by atoms with Crippen LogP contribution in [0.25, 0.3) is 0 Å². The van der Waals surface area contributed by atoms with Gasteiger partial charge in [-0.3, -0.25) is 29.4 Å². The quantitative estimate of drug-likeness (QED) is 0.0563. The van der Waals surface area contributed by atoms with Crippen LogP contribution in [0.3, 0.4) is 0 Å². The molecule has 0 aliphatic carbocycles. The number of nitrogens with one attached hydrogen (secondary N) is 1. The molecular weight excluding hydrogens is 1330 g/mol. The van der Waals surface area contributed by atoms with Crippen LogP contribution in [0.1, 0.15) is 166 Å². The number of halogens is 1. The van der Waals surface area contributed by atoms with Crippen LogP contribution in [-0.2, 0) is 23.7 Å². The highest BCUT2D eigenvalue weighted by Gasteiger charge is 2.50. The molecule has 5 N–H and O–H groups in total. The van der Waals surface area contributed by atoms with Gasteiger partial charge in [0, 0.05) is 63.1 Å². The molecule has 5 saturated heterocycles. The standard InChI is InChI=1S/C23H24N2O4.C15H22N2O2.C15H21NO3.C9H15NO3.C8H5NO2.C2H6O.HI/c1-23(2,3)29-22(28)24-13-18(15-9-5-4-6-10-15)19(14-24)25-20(26)16-11-7-8-12-17(16)21(25)27;1-15(2,3)19-14(18)17-9-12(13(16)10-17)11-7-5-4-6-8-11;1-15(2,3)19-14(18)16-9-12(13(17)10-16)11-7-5-4-6-8-11;1-9(2,3)13-8(11)10-4-6-7(5-10)12-6;10-7-5-3-1-2-4-6(5)8(11)9-7;1-2-3;/h4-12,18-19H,13-14H2,1-3H3;4-8,12-13H,9-10,16H2,1-3H3;4-8,12-13,17H,9-10H2,1-3H3;6-7H,4-5H2,1-3H3;1-4H,(H,9,10,11);3H,2H2,1H3;1H/t18-,19-;12-,13-;12-,13+;;;;/m111..../s1. The first-order chi connectivity index (χ1) is 44.1. The van der Waals surface area contributed by atoms with Gasteiger partial charge in [-0.05, 0) is 131 Å². The average Bonchev–Trinajstić information content (AvgIpc) is 1.57. The molecule has 2 unspecified atom stereocenters. The van der Waals surface area contributed by atoms with E-state index in [1.165, 1.54) is 10.5 Å².